The third-order valence-electron chi connectivity index (χ3n) is 9.53. The lowest BCUT2D eigenvalue weighted by Crippen LogP contribution is -2.46. The summed E-state index contributed by atoms with van der Waals surface area (Å²) in [4.78, 5) is 46.9. The molecule has 1 saturated heterocycles. The first-order valence-electron chi connectivity index (χ1n) is 17.7. The van der Waals surface area contributed by atoms with E-state index in [2.05, 4.69) is 20.5 Å². The number of aromatic nitrogens is 2. The number of hydrogen-bond acceptors (Lipinski definition) is 8. The van der Waals surface area contributed by atoms with Crippen LogP contribution in [-0.2, 0) is 27.2 Å². The number of ether oxygens (including phenoxy) is 1. The normalized spacial score (nSPS) is 17.1. The van der Waals surface area contributed by atoms with Gasteiger partial charge in [0.1, 0.15) is 12.0 Å². The zero-order valence-electron chi connectivity index (χ0n) is 29.1. The second-order valence-electron chi connectivity index (χ2n) is 13.2. The van der Waals surface area contributed by atoms with Crippen molar-refractivity contribution < 1.29 is 14.3 Å². The van der Waals surface area contributed by atoms with Crippen LogP contribution in [0.15, 0.2) is 95.9 Å². The highest BCUT2D eigenvalue weighted by Gasteiger charge is 2.38. The Balaban J connectivity index is 1.21. The molecule has 3 atom stereocenters. The number of benzene rings is 4. The predicted molar refractivity (Wildman–Crippen MR) is 202 cm³/mol. The summed E-state index contributed by atoms with van der Waals surface area (Å²) in [7, 11) is 0. The van der Waals surface area contributed by atoms with Gasteiger partial charge in [-0.15, -0.1) is 0 Å². The number of nitrogens with two attached hydrogens (primary N) is 2. The van der Waals surface area contributed by atoms with Crippen molar-refractivity contribution in [2.75, 3.05) is 37.6 Å². The van der Waals surface area contributed by atoms with E-state index in [-0.39, 0.29) is 31.2 Å². The lowest BCUT2D eigenvalue weighted by molar-refractivity contribution is -0.121. The largest absolute Gasteiger partial charge is 0.356 e. The first kappa shape index (κ1) is 35.7. The standard InChI is InChI=1S/C40H47N7O4/c1-27-26-47(40(50)45-39(27)46(20-8-18-41)21-9-19-42)38-24-34(44-37(49)23-31-15-7-13-29-11-3-5-17-33(29)31)35(51-38)25-43-36(48)22-30-14-6-12-28-10-2-4-16-32(28)30/h2-7,10-17,26,34-35,38H,8-9,18-25,41-42H2,1H3,(H,43,48)(H,44,49)/t34-,35+,38+/m0/s1. The Hall–Kier alpha value is -5.10. The quantitative estimate of drug-likeness (QED) is 0.130. The third-order valence-corrected chi connectivity index (χ3v) is 9.53. The van der Waals surface area contributed by atoms with E-state index in [1.807, 2.05) is 91.9 Å². The van der Waals surface area contributed by atoms with Gasteiger partial charge < -0.3 is 31.7 Å². The van der Waals surface area contributed by atoms with E-state index in [9.17, 15) is 14.4 Å². The summed E-state index contributed by atoms with van der Waals surface area (Å²) in [5.74, 6) is 0.279. The number of carbonyl (C=O) groups excluding carboxylic acids is 2. The number of rotatable bonds is 15. The SMILES string of the molecule is Cc1cn([C@H]2C[C@H](NC(=O)Cc3cccc4ccccc34)[C@@H](CNC(=O)Cc3cccc4ccccc34)O2)c(=O)nc1N(CCCN)CCCN. The minimum Gasteiger partial charge on any atom is -0.356 e. The zero-order chi connectivity index (χ0) is 35.7. The van der Waals surface area contributed by atoms with Crippen LogP contribution in [0.3, 0.4) is 0 Å². The molecule has 266 valence electrons. The molecule has 5 aromatic rings. The number of hydrogen-bond donors (Lipinski definition) is 4. The molecule has 11 heteroatoms. The van der Waals surface area contributed by atoms with Crippen molar-refractivity contribution in [3.8, 4) is 0 Å². The highest BCUT2D eigenvalue weighted by Crippen LogP contribution is 2.29. The Kier molecular flexibility index (Phi) is 11.7. The molecule has 0 aliphatic carbocycles. The lowest BCUT2D eigenvalue weighted by atomic mass is 10.0. The molecular weight excluding hydrogens is 642 g/mol. The number of aryl methyl sites for hydroxylation is 1. The molecule has 0 spiro atoms. The second-order valence-corrected chi connectivity index (χ2v) is 13.2. The Morgan fingerprint density at radius 1 is 0.843 bits per heavy atom. The molecule has 1 aliphatic rings. The second kappa shape index (κ2) is 16.7. The van der Waals surface area contributed by atoms with Gasteiger partial charge in [0, 0.05) is 37.8 Å². The van der Waals surface area contributed by atoms with Crippen LogP contribution in [0.5, 0.6) is 0 Å². The maximum Gasteiger partial charge on any atom is 0.351 e. The maximum absolute atomic E-state index is 13.6. The molecule has 4 aromatic carbocycles. The van der Waals surface area contributed by atoms with Crippen LogP contribution in [0.25, 0.3) is 21.5 Å². The van der Waals surface area contributed by atoms with Gasteiger partial charge in [0.25, 0.3) is 0 Å². The summed E-state index contributed by atoms with van der Waals surface area (Å²) in [6.45, 7) is 4.46. The molecule has 0 bridgehead atoms. The van der Waals surface area contributed by atoms with Crippen molar-refractivity contribution in [1.82, 2.24) is 20.2 Å². The van der Waals surface area contributed by atoms with Crippen LogP contribution in [0.1, 0.15) is 42.2 Å². The summed E-state index contributed by atoms with van der Waals surface area (Å²) in [6.07, 6.45) is 2.72. The Bertz CT molecular complexity index is 2030. The fourth-order valence-electron chi connectivity index (χ4n) is 6.99. The van der Waals surface area contributed by atoms with Gasteiger partial charge in [0.2, 0.25) is 11.8 Å². The molecule has 51 heavy (non-hydrogen) atoms. The highest BCUT2D eigenvalue weighted by atomic mass is 16.5. The molecule has 6 N–H and O–H groups in total. The minimum absolute atomic E-state index is 0.157. The van der Waals surface area contributed by atoms with E-state index in [0.717, 1.165) is 51.1 Å². The smallest absolute Gasteiger partial charge is 0.351 e. The fraction of sp³-hybridized carbons (Fsp3) is 0.350. The van der Waals surface area contributed by atoms with E-state index in [1.165, 1.54) is 4.57 Å². The van der Waals surface area contributed by atoms with Crippen molar-refractivity contribution in [3.63, 3.8) is 0 Å². The number of anilines is 1. The summed E-state index contributed by atoms with van der Waals surface area (Å²) in [6, 6.07) is 27.4. The zero-order valence-corrected chi connectivity index (χ0v) is 29.1. The summed E-state index contributed by atoms with van der Waals surface area (Å²) >= 11 is 0. The van der Waals surface area contributed by atoms with E-state index in [1.54, 1.807) is 6.20 Å². The Morgan fingerprint density at radius 2 is 1.41 bits per heavy atom. The van der Waals surface area contributed by atoms with Gasteiger partial charge in [-0.2, -0.15) is 4.98 Å². The van der Waals surface area contributed by atoms with Crippen LogP contribution >= 0.6 is 0 Å². The van der Waals surface area contributed by atoms with Crippen molar-refractivity contribution in [2.24, 2.45) is 11.5 Å². The lowest BCUT2D eigenvalue weighted by Gasteiger charge is -2.26. The third kappa shape index (κ3) is 8.62. The van der Waals surface area contributed by atoms with Gasteiger partial charge in [-0.1, -0.05) is 84.9 Å². The van der Waals surface area contributed by atoms with Gasteiger partial charge in [0.05, 0.1) is 25.0 Å². The molecule has 0 radical (unpaired) electrons. The monoisotopic (exact) mass is 689 g/mol. The average molecular weight is 690 g/mol. The molecule has 0 saturated carbocycles. The fourth-order valence-corrected chi connectivity index (χ4v) is 6.99. The molecule has 0 unspecified atom stereocenters. The number of fused-ring (bicyclic) bond motifs is 2. The molecule has 6 rings (SSSR count). The summed E-state index contributed by atoms with van der Waals surface area (Å²) < 4.78 is 7.96. The molecule has 11 nitrogen and oxygen atoms in total. The number of nitrogens with one attached hydrogen (secondary N) is 2. The number of amides is 2. The van der Waals surface area contributed by atoms with Gasteiger partial charge in [-0.05, 0) is 65.5 Å². The van der Waals surface area contributed by atoms with Crippen LogP contribution in [0, 0.1) is 6.92 Å². The molecular formula is C40H47N7O4. The number of carbonyl (C=O) groups is 2. The van der Waals surface area contributed by atoms with Crippen LogP contribution in [0.4, 0.5) is 5.82 Å². The van der Waals surface area contributed by atoms with Gasteiger partial charge in [0.15, 0.2) is 0 Å². The highest BCUT2D eigenvalue weighted by molar-refractivity contribution is 5.91. The maximum atomic E-state index is 13.6. The molecule has 1 aliphatic heterocycles. The van der Waals surface area contributed by atoms with E-state index in [4.69, 9.17) is 16.2 Å². The molecule has 2 heterocycles. The average Bonchev–Trinajstić information content (AvgIpc) is 3.53. The van der Waals surface area contributed by atoms with Gasteiger partial charge >= 0.3 is 5.69 Å². The van der Waals surface area contributed by atoms with Crippen LogP contribution in [-0.4, -0.2) is 66.2 Å². The Morgan fingerprint density at radius 3 is 2.02 bits per heavy atom. The molecule has 1 fully saturated rings. The Labute approximate surface area is 298 Å². The van der Waals surface area contributed by atoms with Crippen molar-refractivity contribution >= 4 is 39.2 Å². The summed E-state index contributed by atoms with van der Waals surface area (Å²) in [5, 5.41) is 10.4. The van der Waals surface area contributed by atoms with Gasteiger partial charge in [-0.25, -0.2) is 4.79 Å². The van der Waals surface area contributed by atoms with Crippen LogP contribution in [0.2, 0.25) is 0 Å². The summed E-state index contributed by atoms with van der Waals surface area (Å²) in [5.41, 5.74) is 13.8. The topological polar surface area (TPSA) is 158 Å². The van der Waals surface area contributed by atoms with Crippen LogP contribution < -0.4 is 32.7 Å². The number of nitrogens with zero attached hydrogens (tertiary/aromatic N) is 3. The van der Waals surface area contributed by atoms with Crippen molar-refractivity contribution in [1.29, 1.82) is 0 Å². The van der Waals surface area contributed by atoms with E-state index in [0.29, 0.717) is 38.4 Å². The van der Waals surface area contributed by atoms with Crippen molar-refractivity contribution in [2.45, 2.75) is 57.4 Å². The first-order chi connectivity index (χ1) is 24.8. The van der Waals surface area contributed by atoms with Gasteiger partial charge in [-0.3, -0.25) is 14.2 Å². The molecule has 1 aromatic heterocycles. The van der Waals surface area contributed by atoms with E-state index >= 15 is 0 Å². The predicted octanol–water partition coefficient (Wildman–Crippen LogP) is 3.74. The van der Waals surface area contributed by atoms with Crippen molar-refractivity contribution in [3.05, 3.63) is 118 Å². The first-order valence-corrected chi connectivity index (χ1v) is 17.7. The molecule has 2 amide bonds. The minimum atomic E-state index is -0.692. The van der Waals surface area contributed by atoms with E-state index < -0.39 is 24.1 Å².